The zero-order chi connectivity index (χ0) is 13.1. The SMILES string of the molecule is Cc1c(N)cccc1COc1ccc(F)c(F)c1. The van der Waals surface area contributed by atoms with Crippen LogP contribution in [-0.2, 0) is 6.61 Å². The molecule has 0 aliphatic rings. The summed E-state index contributed by atoms with van der Waals surface area (Å²) >= 11 is 0. The van der Waals surface area contributed by atoms with E-state index in [2.05, 4.69) is 0 Å². The minimum atomic E-state index is -0.920. The van der Waals surface area contributed by atoms with Crippen LogP contribution in [0.2, 0.25) is 0 Å². The Bertz CT molecular complexity index is 570. The Balaban J connectivity index is 2.11. The number of hydrogen-bond donors (Lipinski definition) is 1. The maximum absolute atomic E-state index is 13.0. The highest BCUT2D eigenvalue weighted by molar-refractivity contribution is 5.49. The Morgan fingerprint density at radius 1 is 1.11 bits per heavy atom. The minimum Gasteiger partial charge on any atom is -0.489 e. The van der Waals surface area contributed by atoms with Crippen LogP contribution in [0.25, 0.3) is 0 Å². The molecule has 2 aromatic rings. The first kappa shape index (κ1) is 12.4. The lowest BCUT2D eigenvalue weighted by molar-refractivity contribution is 0.302. The molecule has 0 saturated carbocycles. The molecule has 0 saturated heterocycles. The van der Waals surface area contributed by atoms with Gasteiger partial charge in [-0.25, -0.2) is 8.78 Å². The maximum atomic E-state index is 13.0. The fourth-order valence-electron chi connectivity index (χ4n) is 1.59. The Kier molecular flexibility index (Phi) is 3.46. The first-order valence-corrected chi connectivity index (χ1v) is 5.50. The van der Waals surface area contributed by atoms with E-state index >= 15 is 0 Å². The summed E-state index contributed by atoms with van der Waals surface area (Å²) in [4.78, 5) is 0. The maximum Gasteiger partial charge on any atom is 0.162 e. The van der Waals surface area contributed by atoms with Gasteiger partial charge >= 0.3 is 0 Å². The standard InChI is InChI=1S/C14H13F2NO/c1-9-10(3-2-4-14(9)17)8-18-11-5-6-12(15)13(16)7-11/h2-7H,8,17H2,1H3. The number of ether oxygens (including phenoxy) is 1. The van der Waals surface area contributed by atoms with Crippen LogP contribution in [0.4, 0.5) is 14.5 Å². The lowest BCUT2D eigenvalue weighted by Crippen LogP contribution is -2.01. The second-order valence-electron chi connectivity index (χ2n) is 4.00. The van der Waals surface area contributed by atoms with E-state index < -0.39 is 11.6 Å². The molecular weight excluding hydrogens is 236 g/mol. The molecule has 0 aliphatic carbocycles. The summed E-state index contributed by atoms with van der Waals surface area (Å²) < 4.78 is 31.1. The van der Waals surface area contributed by atoms with Crippen LogP contribution in [0, 0.1) is 18.6 Å². The summed E-state index contributed by atoms with van der Waals surface area (Å²) in [6.45, 7) is 2.15. The molecule has 0 spiro atoms. The third-order valence-corrected chi connectivity index (χ3v) is 2.77. The van der Waals surface area contributed by atoms with Crippen molar-refractivity contribution in [3.63, 3.8) is 0 Å². The van der Waals surface area contributed by atoms with E-state index in [1.54, 1.807) is 6.07 Å². The molecular formula is C14H13F2NO. The van der Waals surface area contributed by atoms with Gasteiger partial charge in [0.1, 0.15) is 12.4 Å². The van der Waals surface area contributed by atoms with Crippen molar-refractivity contribution in [3.8, 4) is 5.75 Å². The third kappa shape index (κ3) is 2.59. The van der Waals surface area contributed by atoms with Gasteiger partial charge in [0.25, 0.3) is 0 Å². The second-order valence-corrected chi connectivity index (χ2v) is 4.00. The molecule has 2 rings (SSSR count). The molecule has 0 aromatic heterocycles. The van der Waals surface area contributed by atoms with Crippen molar-refractivity contribution in [2.24, 2.45) is 0 Å². The summed E-state index contributed by atoms with van der Waals surface area (Å²) in [6.07, 6.45) is 0. The van der Waals surface area contributed by atoms with E-state index in [1.165, 1.54) is 6.07 Å². The van der Waals surface area contributed by atoms with Gasteiger partial charge in [0.2, 0.25) is 0 Å². The van der Waals surface area contributed by atoms with Crippen LogP contribution in [0.1, 0.15) is 11.1 Å². The number of hydrogen-bond acceptors (Lipinski definition) is 2. The smallest absolute Gasteiger partial charge is 0.162 e. The molecule has 0 bridgehead atoms. The molecule has 2 nitrogen and oxygen atoms in total. The highest BCUT2D eigenvalue weighted by Crippen LogP contribution is 2.20. The van der Waals surface area contributed by atoms with E-state index in [9.17, 15) is 8.78 Å². The first-order valence-electron chi connectivity index (χ1n) is 5.50. The van der Waals surface area contributed by atoms with E-state index in [-0.39, 0.29) is 12.4 Å². The summed E-state index contributed by atoms with van der Waals surface area (Å²) in [7, 11) is 0. The largest absolute Gasteiger partial charge is 0.489 e. The quantitative estimate of drug-likeness (QED) is 0.846. The van der Waals surface area contributed by atoms with Crippen molar-refractivity contribution in [2.75, 3.05) is 5.73 Å². The van der Waals surface area contributed by atoms with Crippen molar-refractivity contribution in [1.82, 2.24) is 0 Å². The van der Waals surface area contributed by atoms with Gasteiger partial charge in [0, 0.05) is 11.8 Å². The lowest BCUT2D eigenvalue weighted by Gasteiger charge is -2.10. The van der Waals surface area contributed by atoms with Gasteiger partial charge in [-0.2, -0.15) is 0 Å². The fourth-order valence-corrected chi connectivity index (χ4v) is 1.59. The van der Waals surface area contributed by atoms with Crippen LogP contribution in [-0.4, -0.2) is 0 Å². The summed E-state index contributed by atoms with van der Waals surface area (Å²) in [6, 6.07) is 8.96. The van der Waals surface area contributed by atoms with Crippen molar-refractivity contribution in [3.05, 3.63) is 59.2 Å². The fraction of sp³-hybridized carbons (Fsp3) is 0.143. The molecule has 0 atom stereocenters. The summed E-state index contributed by atoms with van der Waals surface area (Å²) in [5.41, 5.74) is 8.30. The van der Waals surface area contributed by atoms with Gasteiger partial charge in [-0.05, 0) is 36.2 Å². The van der Waals surface area contributed by atoms with Crippen molar-refractivity contribution in [2.45, 2.75) is 13.5 Å². The number of anilines is 1. The molecule has 94 valence electrons. The summed E-state index contributed by atoms with van der Waals surface area (Å²) in [5, 5.41) is 0. The van der Waals surface area contributed by atoms with Crippen LogP contribution in [0.3, 0.4) is 0 Å². The van der Waals surface area contributed by atoms with Crippen LogP contribution < -0.4 is 10.5 Å². The first-order chi connectivity index (χ1) is 8.58. The predicted molar refractivity (Wildman–Crippen MR) is 66.3 cm³/mol. The van der Waals surface area contributed by atoms with Gasteiger partial charge in [-0.15, -0.1) is 0 Å². The number of halogens is 2. The molecule has 0 amide bonds. The number of benzene rings is 2. The molecule has 2 N–H and O–H groups in total. The Labute approximate surface area is 104 Å². The molecule has 0 unspecified atom stereocenters. The Morgan fingerprint density at radius 2 is 1.89 bits per heavy atom. The molecule has 2 aromatic carbocycles. The third-order valence-electron chi connectivity index (χ3n) is 2.77. The molecule has 0 radical (unpaired) electrons. The van der Waals surface area contributed by atoms with Gasteiger partial charge in [0.15, 0.2) is 11.6 Å². The average Bonchev–Trinajstić information content (AvgIpc) is 2.35. The normalized spacial score (nSPS) is 10.4. The van der Waals surface area contributed by atoms with Gasteiger partial charge < -0.3 is 10.5 Å². The van der Waals surface area contributed by atoms with E-state index in [4.69, 9.17) is 10.5 Å². The van der Waals surface area contributed by atoms with Crippen molar-refractivity contribution in [1.29, 1.82) is 0 Å². The second kappa shape index (κ2) is 5.04. The van der Waals surface area contributed by atoms with Crippen molar-refractivity contribution < 1.29 is 13.5 Å². The lowest BCUT2D eigenvalue weighted by atomic mass is 10.1. The number of nitrogens with two attached hydrogens (primary N) is 1. The number of rotatable bonds is 3. The van der Waals surface area contributed by atoms with Crippen LogP contribution in [0.15, 0.2) is 36.4 Å². The molecule has 4 heteroatoms. The van der Waals surface area contributed by atoms with Gasteiger partial charge in [-0.1, -0.05) is 12.1 Å². The summed E-state index contributed by atoms with van der Waals surface area (Å²) in [5.74, 6) is -1.52. The Hall–Kier alpha value is -2.10. The minimum absolute atomic E-state index is 0.266. The molecule has 18 heavy (non-hydrogen) atoms. The van der Waals surface area contributed by atoms with E-state index in [0.717, 1.165) is 23.3 Å². The zero-order valence-corrected chi connectivity index (χ0v) is 9.91. The Morgan fingerprint density at radius 3 is 2.61 bits per heavy atom. The highest BCUT2D eigenvalue weighted by atomic mass is 19.2. The predicted octanol–water partition coefficient (Wildman–Crippen LogP) is 3.43. The topological polar surface area (TPSA) is 35.2 Å². The zero-order valence-electron chi connectivity index (χ0n) is 9.91. The number of nitrogen functional groups attached to an aromatic ring is 1. The van der Waals surface area contributed by atoms with E-state index in [0.29, 0.717) is 5.69 Å². The average molecular weight is 249 g/mol. The molecule has 0 aliphatic heterocycles. The molecule has 0 fully saturated rings. The van der Waals surface area contributed by atoms with Crippen LogP contribution >= 0.6 is 0 Å². The van der Waals surface area contributed by atoms with Gasteiger partial charge in [-0.3, -0.25) is 0 Å². The van der Waals surface area contributed by atoms with E-state index in [1.807, 2.05) is 19.1 Å². The van der Waals surface area contributed by atoms with Gasteiger partial charge in [0.05, 0.1) is 0 Å². The van der Waals surface area contributed by atoms with Crippen molar-refractivity contribution >= 4 is 5.69 Å². The monoisotopic (exact) mass is 249 g/mol. The highest BCUT2D eigenvalue weighted by Gasteiger charge is 2.05. The molecule has 0 heterocycles. The van der Waals surface area contributed by atoms with Crippen LogP contribution in [0.5, 0.6) is 5.75 Å².